The summed E-state index contributed by atoms with van der Waals surface area (Å²) in [6.45, 7) is 1.72. The van der Waals surface area contributed by atoms with Gasteiger partial charge in [0.1, 0.15) is 5.82 Å². The Labute approximate surface area is 108 Å². The van der Waals surface area contributed by atoms with Gasteiger partial charge in [-0.2, -0.15) is 4.99 Å². The van der Waals surface area contributed by atoms with Crippen molar-refractivity contribution in [2.24, 2.45) is 4.99 Å². The molecule has 0 amide bonds. The summed E-state index contributed by atoms with van der Waals surface area (Å²) in [6.07, 6.45) is 5.24. The molecule has 0 atom stereocenters. The highest BCUT2D eigenvalue weighted by Gasteiger charge is 2.36. The first-order valence-corrected chi connectivity index (χ1v) is 6.43. The third-order valence-corrected chi connectivity index (χ3v) is 4.33. The minimum absolute atomic E-state index is 0.262. The standard InChI is InChI=1S/C13H13BrFNO/c1-9-11(14)6-10(7-12(9)15)13(16-8-17)4-2-3-5-13/h6-7H,2-5H2,1H3. The average Bonchev–Trinajstić information content (AvgIpc) is 2.75. The Morgan fingerprint density at radius 1 is 1.41 bits per heavy atom. The van der Waals surface area contributed by atoms with Crippen molar-refractivity contribution in [3.8, 4) is 0 Å². The van der Waals surface area contributed by atoms with Gasteiger partial charge in [0.15, 0.2) is 0 Å². The first kappa shape index (κ1) is 12.5. The van der Waals surface area contributed by atoms with Crippen LogP contribution >= 0.6 is 15.9 Å². The molecule has 4 heteroatoms. The number of isocyanates is 1. The largest absolute Gasteiger partial charge is 0.235 e. The van der Waals surface area contributed by atoms with Crippen LogP contribution in [-0.4, -0.2) is 6.08 Å². The Kier molecular flexibility index (Phi) is 3.45. The van der Waals surface area contributed by atoms with Crippen molar-refractivity contribution in [2.75, 3.05) is 0 Å². The van der Waals surface area contributed by atoms with Gasteiger partial charge in [0.2, 0.25) is 6.08 Å². The van der Waals surface area contributed by atoms with Gasteiger partial charge in [-0.1, -0.05) is 28.8 Å². The normalized spacial score (nSPS) is 17.8. The number of nitrogens with zero attached hydrogens (tertiary/aromatic N) is 1. The molecule has 1 fully saturated rings. The molecule has 0 N–H and O–H groups in total. The van der Waals surface area contributed by atoms with Gasteiger partial charge >= 0.3 is 0 Å². The lowest BCUT2D eigenvalue weighted by Crippen LogP contribution is -2.19. The number of hydrogen-bond donors (Lipinski definition) is 0. The molecule has 90 valence electrons. The van der Waals surface area contributed by atoms with Crippen LogP contribution in [0.25, 0.3) is 0 Å². The molecular weight excluding hydrogens is 285 g/mol. The second-order valence-corrected chi connectivity index (χ2v) is 5.36. The maximum atomic E-state index is 13.7. The fourth-order valence-electron chi connectivity index (χ4n) is 2.43. The van der Waals surface area contributed by atoms with Crippen LogP contribution in [0.1, 0.15) is 36.8 Å². The number of rotatable bonds is 2. The summed E-state index contributed by atoms with van der Waals surface area (Å²) in [5, 5.41) is 0. The van der Waals surface area contributed by atoms with Crippen LogP contribution in [-0.2, 0) is 10.3 Å². The van der Waals surface area contributed by atoms with Gasteiger partial charge in [0.25, 0.3) is 0 Å². The van der Waals surface area contributed by atoms with E-state index in [1.54, 1.807) is 13.0 Å². The van der Waals surface area contributed by atoms with Crippen LogP contribution in [0.3, 0.4) is 0 Å². The zero-order valence-corrected chi connectivity index (χ0v) is 11.2. The molecule has 0 spiro atoms. The van der Waals surface area contributed by atoms with Crippen molar-refractivity contribution >= 4 is 22.0 Å². The summed E-state index contributed by atoms with van der Waals surface area (Å²) >= 11 is 3.34. The Hall–Kier alpha value is -0.990. The fraction of sp³-hybridized carbons (Fsp3) is 0.462. The smallest absolute Gasteiger partial charge is 0.211 e. The van der Waals surface area contributed by atoms with Crippen molar-refractivity contribution < 1.29 is 9.18 Å². The van der Waals surface area contributed by atoms with E-state index in [0.29, 0.717) is 5.56 Å². The van der Waals surface area contributed by atoms with E-state index >= 15 is 0 Å². The van der Waals surface area contributed by atoms with E-state index in [-0.39, 0.29) is 5.82 Å². The number of carbonyl (C=O) groups excluding carboxylic acids is 1. The third-order valence-electron chi connectivity index (χ3n) is 3.51. The summed E-state index contributed by atoms with van der Waals surface area (Å²) < 4.78 is 14.5. The number of halogens is 2. The summed E-state index contributed by atoms with van der Waals surface area (Å²) in [4.78, 5) is 14.5. The zero-order chi connectivity index (χ0) is 12.5. The number of benzene rings is 1. The molecule has 1 saturated carbocycles. The van der Waals surface area contributed by atoms with E-state index in [9.17, 15) is 9.18 Å². The molecule has 0 bridgehead atoms. The lowest BCUT2D eigenvalue weighted by Gasteiger charge is -2.23. The number of aliphatic imine (C=N–C) groups is 1. The van der Waals surface area contributed by atoms with E-state index in [0.717, 1.165) is 35.7 Å². The molecule has 2 rings (SSSR count). The predicted octanol–water partition coefficient (Wildman–Crippen LogP) is 4.00. The Morgan fingerprint density at radius 3 is 2.59 bits per heavy atom. The topological polar surface area (TPSA) is 29.4 Å². The lowest BCUT2D eigenvalue weighted by atomic mass is 9.88. The van der Waals surface area contributed by atoms with Crippen molar-refractivity contribution in [1.82, 2.24) is 0 Å². The molecule has 0 radical (unpaired) electrons. The monoisotopic (exact) mass is 297 g/mol. The molecular formula is C13H13BrFNO. The maximum absolute atomic E-state index is 13.7. The molecule has 1 aliphatic carbocycles. The lowest BCUT2D eigenvalue weighted by molar-refractivity contribution is 0.452. The quantitative estimate of drug-likeness (QED) is 0.599. The van der Waals surface area contributed by atoms with Crippen LogP contribution < -0.4 is 0 Å². The van der Waals surface area contributed by atoms with Gasteiger partial charge in [-0.15, -0.1) is 0 Å². The van der Waals surface area contributed by atoms with E-state index in [2.05, 4.69) is 20.9 Å². The zero-order valence-electron chi connectivity index (χ0n) is 9.59. The average molecular weight is 298 g/mol. The van der Waals surface area contributed by atoms with Crippen molar-refractivity contribution in [3.05, 3.63) is 33.5 Å². The Balaban J connectivity index is 2.54. The summed E-state index contributed by atoms with van der Waals surface area (Å²) in [5.41, 5.74) is 0.795. The van der Waals surface area contributed by atoms with E-state index in [1.165, 1.54) is 6.07 Å². The van der Waals surface area contributed by atoms with Gasteiger partial charge in [-0.05, 0) is 43.0 Å². The second kappa shape index (κ2) is 4.71. The van der Waals surface area contributed by atoms with E-state index < -0.39 is 5.54 Å². The van der Waals surface area contributed by atoms with Gasteiger partial charge in [0.05, 0.1) is 5.54 Å². The molecule has 1 aromatic carbocycles. The minimum atomic E-state index is -0.557. The first-order valence-electron chi connectivity index (χ1n) is 5.64. The third kappa shape index (κ3) is 2.20. The van der Waals surface area contributed by atoms with Crippen molar-refractivity contribution in [3.63, 3.8) is 0 Å². The molecule has 0 saturated heterocycles. The number of hydrogen-bond acceptors (Lipinski definition) is 2. The minimum Gasteiger partial charge on any atom is -0.211 e. The van der Waals surface area contributed by atoms with Gasteiger partial charge in [0, 0.05) is 4.47 Å². The molecule has 17 heavy (non-hydrogen) atoms. The van der Waals surface area contributed by atoms with Gasteiger partial charge in [-0.3, -0.25) is 0 Å². The molecule has 2 nitrogen and oxygen atoms in total. The predicted molar refractivity (Wildman–Crippen MR) is 67.1 cm³/mol. The highest BCUT2D eigenvalue weighted by Crippen LogP contribution is 2.43. The van der Waals surface area contributed by atoms with E-state index in [4.69, 9.17) is 0 Å². The van der Waals surface area contributed by atoms with Crippen molar-refractivity contribution in [2.45, 2.75) is 38.1 Å². The second-order valence-electron chi connectivity index (χ2n) is 4.51. The molecule has 0 unspecified atom stereocenters. The van der Waals surface area contributed by atoms with Crippen LogP contribution in [0, 0.1) is 12.7 Å². The molecule has 1 aliphatic rings. The fourth-order valence-corrected chi connectivity index (χ4v) is 2.86. The SMILES string of the molecule is Cc1c(F)cc(C2(N=C=O)CCCC2)cc1Br. The van der Waals surface area contributed by atoms with Crippen LogP contribution in [0.5, 0.6) is 0 Å². The van der Waals surface area contributed by atoms with Crippen LogP contribution in [0.2, 0.25) is 0 Å². The highest BCUT2D eigenvalue weighted by molar-refractivity contribution is 9.10. The first-order chi connectivity index (χ1) is 8.09. The molecule has 1 aromatic rings. The Bertz CT molecular complexity index is 465. The van der Waals surface area contributed by atoms with Crippen LogP contribution in [0.4, 0.5) is 4.39 Å². The maximum Gasteiger partial charge on any atom is 0.235 e. The summed E-state index contributed by atoms with van der Waals surface area (Å²) in [6, 6.07) is 3.36. The molecule has 0 heterocycles. The van der Waals surface area contributed by atoms with Crippen LogP contribution in [0.15, 0.2) is 21.6 Å². The van der Waals surface area contributed by atoms with Crippen molar-refractivity contribution in [1.29, 1.82) is 0 Å². The van der Waals surface area contributed by atoms with Gasteiger partial charge < -0.3 is 0 Å². The summed E-state index contributed by atoms with van der Waals surface area (Å²) in [7, 11) is 0. The molecule has 0 aliphatic heterocycles. The summed E-state index contributed by atoms with van der Waals surface area (Å²) in [5.74, 6) is -0.262. The highest BCUT2D eigenvalue weighted by atomic mass is 79.9. The molecule has 0 aromatic heterocycles. The van der Waals surface area contributed by atoms with Gasteiger partial charge in [-0.25, -0.2) is 9.18 Å². The Morgan fingerprint density at radius 2 is 2.06 bits per heavy atom. The van der Waals surface area contributed by atoms with E-state index in [1.807, 2.05) is 6.07 Å².